The first-order valence-corrected chi connectivity index (χ1v) is 6.15. The summed E-state index contributed by atoms with van der Waals surface area (Å²) in [6, 6.07) is 7.45. The first kappa shape index (κ1) is 13.4. The summed E-state index contributed by atoms with van der Waals surface area (Å²) in [5.74, 6) is 0.809. The first-order valence-electron chi connectivity index (χ1n) is 6.15. The minimum absolute atomic E-state index is 0.0125. The van der Waals surface area contributed by atoms with E-state index in [-0.39, 0.29) is 12.6 Å². The van der Waals surface area contributed by atoms with E-state index in [0.717, 1.165) is 22.7 Å². The smallest absolute Gasteiger partial charge is 0.119 e. The van der Waals surface area contributed by atoms with Crippen LogP contribution in [0.2, 0.25) is 0 Å². The second-order valence-electron chi connectivity index (χ2n) is 4.42. The molecule has 0 aliphatic rings. The zero-order valence-electron chi connectivity index (χ0n) is 11.4. The molecular weight excluding hydrogens is 242 g/mol. The maximum absolute atomic E-state index is 9.55. The predicted molar refractivity (Wildman–Crippen MR) is 74.4 cm³/mol. The van der Waals surface area contributed by atoms with Gasteiger partial charge in [0.1, 0.15) is 5.75 Å². The van der Waals surface area contributed by atoms with Crippen LogP contribution < -0.4 is 10.1 Å². The SMILES string of the molecule is COc1ccc(NC(CO)c2cnn(C)c2C)cc1. The standard InChI is InChI=1S/C14H19N3O2/c1-10-13(8-15-17(10)2)14(9-18)16-11-4-6-12(19-3)7-5-11/h4-8,14,16,18H,9H2,1-3H3. The molecule has 0 amide bonds. The number of aliphatic hydroxyl groups is 1. The highest BCUT2D eigenvalue weighted by Gasteiger charge is 2.15. The lowest BCUT2D eigenvalue weighted by molar-refractivity contribution is 0.276. The molecule has 1 atom stereocenters. The van der Waals surface area contributed by atoms with E-state index in [0.29, 0.717) is 0 Å². The molecule has 2 aromatic rings. The van der Waals surface area contributed by atoms with Crippen molar-refractivity contribution >= 4 is 5.69 Å². The van der Waals surface area contributed by atoms with Crippen molar-refractivity contribution in [2.75, 3.05) is 19.0 Å². The summed E-state index contributed by atoms with van der Waals surface area (Å²) in [5.41, 5.74) is 2.98. The van der Waals surface area contributed by atoms with Gasteiger partial charge in [-0.1, -0.05) is 0 Å². The van der Waals surface area contributed by atoms with Crippen LogP contribution in [-0.4, -0.2) is 28.6 Å². The molecule has 0 saturated carbocycles. The summed E-state index contributed by atoms with van der Waals surface area (Å²) in [6.45, 7) is 2.00. The van der Waals surface area contributed by atoms with Crippen molar-refractivity contribution < 1.29 is 9.84 Å². The molecule has 0 bridgehead atoms. The molecule has 19 heavy (non-hydrogen) atoms. The Kier molecular flexibility index (Phi) is 4.06. The number of aryl methyl sites for hydroxylation is 1. The molecule has 0 spiro atoms. The van der Waals surface area contributed by atoms with Gasteiger partial charge in [0.2, 0.25) is 0 Å². The maximum Gasteiger partial charge on any atom is 0.119 e. The van der Waals surface area contributed by atoms with Crippen molar-refractivity contribution in [2.45, 2.75) is 13.0 Å². The molecule has 2 rings (SSSR count). The average molecular weight is 261 g/mol. The summed E-state index contributed by atoms with van der Waals surface area (Å²) in [6.07, 6.45) is 1.78. The van der Waals surface area contributed by atoms with Gasteiger partial charge in [-0.15, -0.1) is 0 Å². The van der Waals surface area contributed by atoms with E-state index >= 15 is 0 Å². The summed E-state index contributed by atoms with van der Waals surface area (Å²) in [5, 5.41) is 17.0. The Morgan fingerprint density at radius 3 is 2.53 bits per heavy atom. The fraction of sp³-hybridized carbons (Fsp3) is 0.357. The predicted octanol–water partition coefficient (Wildman–Crippen LogP) is 1.88. The molecule has 1 aromatic carbocycles. The van der Waals surface area contributed by atoms with Crippen LogP contribution in [0.1, 0.15) is 17.3 Å². The van der Waals surface area contributed by atoms with E-state index in [1.165, 1.54) is 0 Å². The van der Waals surface area contributed by atoms with E-state index < -0.39 is 0 Å². The molecule has 1 heterocycles. The van der Waals surface area contributed by atoms with Crippen molar-refractivity contribution in [1.29, 1.82) is 0 Å². The Balaban J connectivity index is 2.16. The van der Waals surface area contributed by atoms with Crippen molar-refractivity contribution in [3.8, 4) is 5.75 Å². The highest BCUT2D eigenvalue weighted by molar-refractivity contribution is 5.48. The molecule has 0 aliphatic carbocycles. The average Bonchev–Trinajstić information content (AvgIpc) is 2.77. The zero-order valence-corrected chi connectivity index (χ0v) is 11.4. The van der Waals surface area contributed by atoms with Crippen LogP contribution in [0, 0.1) is 6.92 Å². The number of anilines is 1. The molecule has 0 fully saturated rings. The number of aliphatic hydroxyl groups excluding tert-OH is 1. The largest absolute Gasteiger partial charge is 0.497 e. The fourth-order valence-corrected chi connectivity index (χ4v) is 1.97. The lowest BCUT2D eigenvalue weighted by Gasteiger charge is -2.17. The van der Waals surface area contributed by atoms with Gasteiger partial charge in [-0.25, -0.2) is 0 Å². The number of benzene rings is 1. The molecule has 102 valence electrons. The van der Waals surface area contributed by atoms with Crippen molar-refractivity contribution in [1.82, 2.24) is 9.78 Å². The van der Waals surface area contributed by atoms with Crippen LogP contribution in [0.25, 0.3) is 0 Å². The van der Waals surface area contributed by atoms with Gasteiger partial charge in [0, 0.05) is 24.0 Å². The molecule has 0 saturated heterocycles. The number of ether oxygens (including phenoxy) is 1. The van der Waals surface area contributed by atoms with Crippen LogP contribution in [-0.2, 0) is 7.05 Å². The Morgan fingerprint density at radius 1 is 1.37 bits per heavy atom. The highest BCUT2D eigenvalue weighted by atomic mass is 16.5. The third kappa shape index (κ3) is 2.88. The maximum atomic E-state index is 9.55. The number of nitrogens with zero attached hydrogens (tertiary/aromatic N) is 2. The first-order chi connectivity index (χ1) is 9.15. The summed E-state index contributed by atoms with van der Waals surface area (Å²) in [7, 11) is 3.53. The van der Waals surface area contributed by atoms with Gasteiger partial charge < -0.3 is 15.2 Å². The Morgan fingerprint density at radius 2 is 2.05 bits per heavy atom. The Bertz CT molecular complexity index is 534. The van der Waals surface area contributed by atoms with Crippen LogP contribution in [0.5, 0.6) is 5.75 Å². The third-order valence-electron chi connectivity index (χ3n) is 3.26. The van der Waals surface area contributed by atoms with E-state index in [1.54, 1.807) is 18.0 Å². The minimum Gasteiger partial charge on any atom is -0.497 e. The highest BCUT2D eigenvalue weighted by Crippen LogP contribution is 2.23. The lowest BCUT2D eigenvalue weighted by Crippen LogP contribution is -2.15. The van der Waals surface area contributed by atoms with Gasteiger partial charge in [0.15, 0.2) is 0 Å². The zero-order chi connectivity index (χ0) is 13.8. The minimum atomic E-state index is -0.165. The number of nitrogens with one attached hydrogen (secondary N) is 1. The van der Waals surface area contributed by atoms with E-state index in [9.17, 15) is 5.11 Å². The van der Waals surface area contributed by atoms with Gasteiger partial charge in [-0.3, -0.25) is 4.68 Å². The van der Waals surface area contributed by atoms with Gasteiger partial charge in [-0.05, 0) is 31.2 Å². The van der Waals surface area contributed by atoms with Gasteiger partial charge in [-0.2, -0.15) is 5.10 Å². The van der Waals surface area contributed by atoms with Gasteiger partial charge in [0.25, 0.3) is 0 Å². The molecule has 1 aromatic heterocycles. The number of methoxy groups -OCH3 is 1. The summed E-state index contributed by atoms with van der Waals surface area (Å²) >= 11 is 0. The van der Waals surface area contributed by atoms with E-state index in [4.69, 9.17) is 4.74 Å². The lowest BCUT2D eigenvalue weighted by atomic mass is 10.1. The number of rotatable bonds is 5. The molecular formula is C14H19N3O2. The van der Waals surface area contributed by atoms with Crippen LogP contribution in [0.4, 0.5) is 5.69 Å². The fourth-order valence-electron chi connectivity index (χ4n) is 1.97. The van der Waals surface area contributed by atoms with Crippen LogP contribution >= 0.6 is 0 Å². The normalized spacial score (nSPS) is 12.2. The third-order valence-corrected chi connectivity index (χ3v) is 3.26. The van der Waals surface area contributed by atoms with Gasteiger partial charge >= 0.3 is 0 Å². The van der Waals surface area contributed by atoms with Crippen molar-refractivity contribution in [2.24, 2.45) is 7.05 Å². The molecule has 5 heteroatoms. The quantitative estimate of drug-likeness (QED) is 0.863. The monoisotopic (exact) mass is 261 g/mol. The second kappa shape index (κ2) is 5.75. The topological polar surface area (TPSA) is 59.3 Å². The Hall–Kier alpha value is -2.01. The molecule has 0 aliphatic heterocycles. The summed E-state index contributed by atoms with van der Waals surface area (Å²) in [4.78, 5) is 0. The Labute approximate surface area is 112 Å². The van der Waals surface area contributed by atoms with Crippen molar-refractivity contribution in [3.63, 3.8) is 0 Å². The number of hydrogen-bond acceptors (Lipinski definition) is 4. The van der Waals surface area contributed by atoms with Gasteiger partial charge in [0.05, 0.1) is 26.0 Å². The summed E-state index contributed by atoms with van der Waals surface area (Å²) < 4.78 is 6.92. The van der Waals surface area contributed by atoms with Crippen LogP contribution in [0.15, 0.2) is 30.5 Å². The molecule has 2 N–H and O–H groups in total. The van der Waals surface area contributed by atoms with Crippen molar-refractivity contribution in [3.05, 3.63) is 41.7 Å². The number of aromatic nitrogens is 2. The van der Waals surface area contributed by atoms with E-state index in [2.05, 4.69) is 10.4 Å². The van der Waals surface area contributed by atoms with E-state index in [1.807, 2.05) is 38.2 Å². The molecule has 0 radical (unpaired) electrons. The second-order valence-corrected chi connectivity index (χ2v) is 4.42. The molecule has 5 nitrogen and oxygen atoms in total. The number of hydrogen-bond donors (Lipinski definition) is 2. The molecule has 1 unspecified atom stereocenters. The van der Waals surface area contributed by atoms with Crippen LogP contribution in [0.3, 0.4) is 0 Å².